The molecule has 21 heavy (non-hydrogen) atoms. The molecule has 118 valence electrons. The second-order valence-electron chi connectivity index (χ2n) is 5.42. The fourth-order valence-corrected chi connectivity index (χ4v) is 2.61. The van der Waals surface area contributed by atoms with E-state index in [1.807, 2.05) is 6.08 Å². The van der Waals surface area contributed by atoms with Crippen LogP contribution in [0.15, 0.2) is 11.6 Å². The molecule has 1 saturated heterocycles. The Bertz CT molecular complexity index is 429. The number of carboxylic acids is 1. The van der Waals surface area contributed by atoms with E-state index in [4.69, 9.17) is 9.47 Å². The maximum absolute atomic E-state index is 12.3. The summed E-state index contributed by atoms with van der Waals surface area (Å²) in [7, 11) is 1.64. The SMILES string of the molecule is COCC1=CCN(C(=O)NC2(C(=O)O)CCOCC2)CC1. The van der Waals surface area contributed by atoms with Gasteiger partial charge in [-0.25, -0.2) is 9.59 Å². The number of carbonyl (C=O) groups excluding carboxylic acids is 1. The summed E-state index contributed by atoms with van der Waals surface area (Å²) in [6, 6.07) is -0.327. The fourth-order valence-electron chi connectivity index (χ4n) is 2.61. The molecule has 7 heteroatoms. The number of aliphatic carboxylic acids is 1. The van der Waals surface area contributed by atoms with Crippen LogP contribution in [0.5, 0.6) is 0 Å². The molecule has 0 aromatic carbocycles. The van der Waals surface area contributed by atoms with E-state index in [0.29, 0.717) is 45.8 Å². The van der Waals surface area contributed by atoms with Crippen LogP contribution in [0.3, 0.4) is 0 Å². The van der Waals surface area contributed by atoms with Crippen LogP contribution < -0.4 is 5.32 Å². The predicted molar refractivity (Wildman–Crippen MR) is 75.1 cm³/mol. The predicted octanol–water partition coefficient (Wildman–Crippen LogP) is 0.608. The van der Waals surface area contributed by atoms with Gasteiger partial charge in [-0.1, -0.05) is 6.08 Å². The molecule has 2 aliphatic heterocycles. The Hall–Kier alpha value is -1.60. The van der Waals surface area contributed by atoms with E-state index in [9.17, 15) is 14.7 Å². The third kappa shape index (κ3) is 3.74. The summed E-state index contributed by atoms with van der Waals surface area (Å²) in [5.74, 6) is -0.994. The first-order valence-electron chi connectivity index (χ1n) is 7.12. The maximum atomic E-state index is 12.3. The van der Waals surface area contributed by atoms with Crippen LogP contribution in [-0.2, 0) is 14.3 Å². The van der Waals surface area contributed by atoms with Crippen LogP contribution in [0.4, 0.5) is 4.79 Å². The van der Waals surface area contributed by atoms with Gasteiger partial charge in [0.25, 0.3) is 0 Å². The number of carbonyl (C=O) groups is 2. The van der Waals surface area contributed by atoms with Gasteiger partial charge in [-0.2, -0.15) is 0 Å². The van der Waals surface area contributed by atoms with E-state index in [-0.39, 0.29) is 6.03 Å². The van der Waals surface area contributed by atoms with E-state index >= 15 is 0 Å². The average molecular weight is 298 g/mol. The Morgan fingerprint density at radius 1 is 1.48 bits per heavy atom. The molecule has 0 saturated carbocycles. The highest BCUT2D eigenvalue weighted by Crippen LogP contribution is 2.22. The number of ether oxygens (including phenoxy) is 2. The number of rotatable bonds is 4. The minimum absolute atomic E-state index is 0.298. The molecule has 7 nitrogen and oxygen atoms in total. The average Bonchev–Trinajstić information content (AvgIpc) is 2.49. The number of carboxylic acid groups (broad SMARTS) is 1. The summed E-state index contributed by atoms with van der Waals surface area (Å²) in [5.41, 5.74) is -0.0353. The highest BCUT2D eigenvalue weighted by atomic mass is 16.5. The van der Waals surface area contributed by atoms with Gasteiger partial charge in [0, 0.05) is 46.3 Å². The Labute approximate surface area is 123 Å². The van der Waals surface area contributed by atoms with Crippen molar-refractivity contribution in [2.75, 3.05) is 40.0 Å². The van der Waals surface area contributed by atoms with Gasteiger partial charge in [-0.3, -0.25) is 0 Å². The Balaban J connectivity index is 1.96. The molecule has 0 spiro atoms. The number of amides is 2. The smallest absolute Gasteiger partial charge is 0.329 e. The van der Waals surface area contributed by atoms with Crippen molar-refractivity contribution in [3.63, 3.8) is 0 Å². The standard InChI is InChI=1S/C14H22N2O5/c1-20-10-11-2-6-16(7-3-11)13(19)15-14(12(17)18)4-8-21-9-5-14/h2H,3-10H2,1H3,(H,15,19)(H,17,18). The van der Waals surface area contributed by atoms with Crippen molar-refractivity contribution in [3.05, 3.63) is 11.6 Å². The minimum Gasteiger partial charge on any atom is -0.480 e. The van der Waals surface area contributed by atoms with Crippen molar-refractivity contribution in [2.24, 2.45) is 0 Å². The molecule has 0 unspecified atom stereocenters. The van der Waals surface area contributed by atoms with Crippen molar-refractivity contribution < 1.29 is 24.2 Å². The highest BCUT2D eigenvalue weighted by Gasteiger charge is 2.42. The number of urea groups is 1. The molecule has 0 atom stereocenters. The number of nitrogens with one attached hydrogen (secondary N) is 1. The minimum atomic E-state index is -1.20. The maximum Gasteiger partial charge on any atom is 0.329 e. The van der Waals surface area contributed by atoms with Gasteiger partial charge in [0.05, 0.1) is 6.61 Å². The molecule has 2 aliphatic rings. The molecule has 0 aromatic rings. The van der Waals surface area contributed by atoms with Gasteiger partial charge in [0.15, 0.2) is 0 Å². The van der Waals surface area contributed by atoms with E-state index in [1.165, 1.54) is 5.57 Å². The number of hydrogen-bond donors (Lipinski definition) is 2. The van der Waals surface area contributed by atoms with Gasteiger partial charge in [0.1, 0.15) is 5.54 Å². The summed E-state index contributed by atoms with van der Waals surface area (Å²) >= 11 is 0. The van der Waals surface area contributed by atoms with Crippen molar-refractivity contribution in [2.45, 2.75) is 24.8 Å². The van der Waals surface area contributed by atoms with Crippen LogP contribution >= 0.6 is 0 Å². The third-order valence-electron chi connectivity index (χ3n) is 4.02. The molecular formula is C14H22N2O5. The normalized spacial score (nSPS) is 21.6. The molecule has 2 amide bonds. The summed E-state index contributed by atoms with van der Waals surface area (Å²) in [6.07, 6.45) is 3.31. The number of methoxy groups -OCH3 is 1. The van der Waals surface area contributed by atoms with Crippen molar-refractivity contribution >= 4 is 12.0 Å². The summed E-state index contributed by atoms with van der Waals surface area (Å²) < 4.78 is 10.3. The van der Waals surface area contributed by atoms with Gasteiger partial charge in [-0.05, 0) is 12.0 Å². The zero-order chi connectivity index (χ0) is 15.3. The molecule has 0 aromatic heterocycles. The first-order chi connectivity index (χ1) is 10.1. The molecule has 1 fully saturated rings. The first kappa shape index (κ1) is 15.8. The van der Waals surface area contributed by atoms with Crippen LogP contribution in [0, 0.1) is 0 Å². The van der Waals surface area contributed by atoms with Gasteiger partial charge < -0.3 is 24.8 Å². The van der Waals surface area contributed by atoms with E-state index in [0.717, 1.165) is 6.42 Å². The molecule has 0 aliphatic carbocycles. The van der Waals surface area contributed by atoms with Crippen LogP contribution in [0.1, 0.15) is 19.3 Å². The van der Waals surface area contributed by atoms with Gasteiger partial charge >= 0.3 is 12.0 Å². The lowest BCUT2D eigenvalue weighted by Gasteiger charge is -2.36. The topological polar surface area (TPSA) is 88.1 Å². The highest BCUT2D eigenvalue weighted by molar-refractivity contribution is 5.86. The fraction of sp³-hybridized carbons (Fsp3) is 0.714. The van der Waals surface area contributed by atoms with Crippen LogP contribution in [-0.4, -0.2) is 67.6 Å². The quantitative estimate of drug-likeness (QED) is 0.742. The monoisotopic (exact) mass is 298 g/mol. The van der Waals surface area contributed by atoms with E-state index in [1.54, 1.807) is 12.0 Å². The number of hydrogen-bond acceptors (Lipinski definition) is 4. The second kappa shape index (κ2) is 6.91. The summed E-state index contributed by atoms with van der Waals surface area (Å²) in [4.78, 5) is 25.4. The zero-order valence-electron chi connectivity index (χ0n) is 12.3. The summed E-state index contributed by atoms with van der Waals surface area (Å²) in [6.45, 7) is 2.34. The lowest BCUT2D eigenvalue weighted by Crippen LogP contribution is -2.60. The Kier molecular flexibility index (Phi) is 5.19. The third-order valence-corrected chi connectivity index (χ3v) is 4.02. The lowest BCUT2D eigenvalue weighted by molar-refractivity contribution is -0.148. The molecule has 2 N–H and O–H groups in total. The van der Waals surface area contributed by atoms with Crippen molar-refractivity contribution in [1.29, 1.82) is 0 Å². The first-order valence-corrected chi connectivity index (χ1v) is 7.12. The lowest BCUT2D eigenvalue weighted by atomic mass is 9.90. The Morgan fingerprint density at radius 2 is 2.19 bits per heavy atom. The zero-order valence-corrected chi connectivity index (χ0v) is 12.3. The molecule has 0 bridgehead atoms. The van der Waals surface area contributed by atoms with Crippen LogP contribution in [0.25, 0.3) is 0 Å². The van der Waals surface area contributed by atoms with Crippen molar-refractivity contribution in [1.82, 2.24) is 10.2 Å². The number of nitrogens with zero attached hydrogens (tertiary/aromatic N) is 1. The summed E-state index contributed by atoms with van der Waals surface area (Å²) in [5, 5.41) is 12.1. The van der Waals surface area contributed by atoms with Crippen LogP contribution in [0.2, 0.25) is 0 Å². The largest absolute Gasteiger partial charge is 0.480 e. The second-order valence-corrected chi connectivity index (χ2v) is 5.42. The molecule has 2 rings (SSSR count). The van der Waals surface area contributed by atoms with Crippen molar-refractivity contribution in [3.8, 4) is 0 Å². The molecule has 0 radical (unpaired) electrons. The van der Waals surface area contributed by atoms with Gasteiger partial charge in [-0.15, -0.1) is 0 Å². The molecular weight excluding hydrogens is 276 g/mol. The Morgan fingerprint density at radius 3 is 2.71 bits per heavy atom. The molecule has 2 heterocycles. The van der Waals surface area contributed by atoms with E-state index < -0.39 is 11.5 Å². The van der Waals surface area contributed by atoms with Gasteiger partial charge in [0.2, 0.25) is 0 Å². The van der Waals surface area contributed by atoms with E-state index in [2.05, 4.69) is 5.32 Å².